The molecule has 0 saturated carbocycles. The number of aryl methyl sites for hydroxylation is 1. The molecule has 0 aliphatic rings. The van der Waals surface area contributed by atoms with E-state index in [0.717, 1.165) is 17.0 Å². The molecule has 0 heterocycles. The van der Waals surface area contributed by atoms with Gasteiger partial charge in [-0.15, -0.1) is 0 Å². The first kappa shape index (κ1) is 23.9. The topological polar surface area (TPSA) is 79.5 Å². The highest BCUT2D eigenvalue weighted by atomic mass is 16.5. The van der Waals surface area contributed by atoms with E-state index < -0.39 is 0 Å². The molecule has 0 bridgehead atoms. The molecule has 0 aliphatic heterocycles. The maximum absolute atomic E-state index is 12.4. The summed E-state index contributed by atoms with van der Waals surface area (Å²) in [7, 11) is 0. The number of amides is 2. The van der Waals surface area contributed by atoms with Gasteiger partial charge in [0.15, 0.2) is 0 Å². The SMILES string of the molecule is CC(C)COc1ccccc1NCC(=O)Nc1ccc(NC(=O)CCc2ccccc2)cc1. The molecule has 6 heteroatoms. The first-order chi connectivity index (χ1) is 16.0. The van der Waals surface area contributed by atoms with Gasteiger partial charge in [0.2, 0.25) is 11.8 Å². The van der Waals surface area contributed by atoms with Crippen LogP contribution in [0.15, 0.2) is 78.9 Å². The van der Waals surface area contributed by atoms with Gasteiger partial charge in [0.05, 0.1) is 18.8 Å². The molecule has 3 N–H and O–H groups in total. The minimum Gasteiger partial charge on any atom is -0.491 e. The standard InChI is InChI=1S/C27H31N3O3/c1-20(2)19-33-25-11-7-6-10-24(25)28-18-27(32)30-23-15-13-22(14-16-23)29-26(31)17-12-21-8-4-3-5-9-21/h3-11,13-16,20,28H,12,17-19H2,1-2H3,(H,29,31)(H,30,32). The molecule has 2 amide bonds. The molecule has 0 atom stereocenters. The van der Waals surface area contributed by atoms with Crippen molar-refractivity contribution in [2.75, 3.05) is 29.1 Å². The van der Waals surface area contributed by atoms with E-state index in [1.54, 1.807) is 24.3 Å². The predicted molar refractivity (Wildman–Crippen MR) is 134 cm³/mol. The van der Waals surface area contributed by atoms with E-state index in [-0.39, 0.29) is 18.4 Å². The summed E-state index contributed by atoms with van der Waals surface area (Å²) in [5.74, 6) is 0.927. The van der Waals surface area contributed by atoms with Gasteiger partial charge in [-0.05, 0) is 54.3 Å². The van der Waals surface area contributed by atoms with Gasteiger partial charge in [0.1, 0.15) is 5.75 Å². The zero-order valence-electron chi connectivity index (χ0n) is 19.1. The van der Waals surface area contributed by atoms with Crippen molar-refractivity contribution in [3.63, 3.8) is 0 Å². The quantitative estimate of drug-likeness (QED) is 0.372. The number of hydrogen-bond acceptors (Lipinski definition) is 4. The van der Waals surface area contributed by atoms with Crippen molar-refractivity contribution in [1.29, 1.82) is 0 Å². The third-order valence-electron chi connectivity index (χ3n) is 4.83. The third kappa shape index (κ3) is 8.33. The zero-order chi connectivity index (χ0) is 23.5. The summed E-state index contributed by atoms with van der Waals surface area (Å²) in [6.45, 7) is 4.90. The molecule has 0 aromatic heterocycles. The fourth-order valence-electron chi connectivity index (χ4n) is 3.14. The van der Waals surface area contributed by atoms with Gasteiger partial charge in [0.25, 0.3) is 0 Å². The van der Waals surface area contributed by atoms with E-state index in [0.29, 0.717) is 36.7 Å². The lowest BCUT2D eigenvalue weighted by atomic mass is 10.1. The number of anilines is 3. The Morgan fingerprint density at radius 3 is 2.06 bits per heavy atom. The molecule has 0 aliphatic carbocycles. The highest BCUT2D eigenvalue weighted by Gasteiger charge is 2.08. The average molecular weight is 446 g/mol. The van der Waals surface area contributed by atoms with Crippen LogP contribution < -0.4 is 20.7 Å². The minimum atomic E-state index is -0.173. The Kier molecular flexibility index (Phi) is 8.88. The van der Waals surface area contributed by atoms with E-state index in [1.807, 2.05) is 54.6 Å². The summed E-state index contributed by atoms with van der Waals surface area (Å²) in [5.41, 5.74) is 3.27. The van der Waals surface area contributed by atoms with Crippen LogP contribution in [0.2, 0.25) is 0 Å². The molecule has 0 saturated heterocycles. The molecular formula is C27H31N3O3. The number of rotatable bonds is 11. The second kappa shape index (κ2) is 12.3. The Balaban J connectivity index is 1.44. The summed E-state index contributed by atoms with van der Waals surface area (Å²) < 4.78 is 5.81. The van der Waals surface area contributed by atoms with Crippen molar-refractivity contribution in [2.24, 2.45) is 5.92 Å². The minimum absolute atomic E-state index is 0.0433. The van der Waals surface area contributed by atoms with Crippen LogP contribution in [0, 0.1) is 5.92 Å². The van der Waals surface area contributed by atoms with Crippen LogP contribution in [0.1, 0.15) is 25.8 Å². The molecule has 3 aromatic carbocycles. The average Bonchev–Trinajstić information content (AvgIpc) is 2.82. The van der Waals surface area contributed by atoms with Crippen molar-refractivity contribution in [1.82, 2.24) is 0 Å². The first-order valence-corrected chi connectivity index (χ1v) is 11.2. The number of nitrogens with one attached hydrogen (secondary N) is 3. The molecule has 172 valence electrons. The summed E-state index contributed by atoms with van der Waals surface area (Å²) in [5, 5.41) is 8.87. The van der Waals surface area contributed by atoms with Gasteiger partial charge in [-0.3, -0.25) is 9.59 Å². The van der Waals surface area contributed by atoms with E-state index >= 15 is 0 Å². The molecule has 0 spiro atoms. The van der Waals surface area contributed by atoms with Gasteiger partial charge in [-0.25, -0.2) is 0 Å². The van der Waals surface area contributed by atoms with Gasteiger partial charge in [-0.2, -0.15) is 0 Å². The summed E-state index contributed by atoms with van der Waals surface area (Å²) >= 11 is 0. The van der Waals surface area contributed by atoms with Crippen LogP contribution in [0.5, 0.6) is 5.75 Å². The fourth-order valence-corrected chi connectivity index (χ4v) is 3.14. The Labute approximate surface area is 195 Å². The van der Waals surface area contributed by atoms with E-state index in [1.165, 1.54) is 0 Å². The summed E-state index contributed by atoms with van der Waals surface area (Å²) in [6.07, 6.45) is 1.11. The summed E-state index contributed by atoms with van der Waals surface area (Å²) in [4.78, 5) is 24.5. The normalized spacial score (nSPS) is 10.5. The fraction of sp³-hybridized carbons (Fsp3) is 0.259. The summed E-state index contributed by atoms with van der Waals surface area (Å²) in [6, 6.07) is 24.6. The molecule has 33 heavy (non-hydrogen) atoms. The van der Waals surface area contributed by atoms with Crippen LogP contribution in [0.4, 0.5) is 17.1 Å². The van der Waals surface area contributed by atoms with Crippen LogP contribution in [0.25, 0.3) is 0 Å². The molecule has 0 fully saturated rings. The lowest BCUT2D eigenvalue weighted by molar-refractivity contribution is -0.116. The maximum Gasteiger partial charge on any atom is 0.243 e. The van der Waals surface area contributed by atoms with E-state index in [9.17, 15) is 9.59 Å². The predicted octanol–water partition coefficient (Wildman–Crippen LogP) is 5.34. The van der Waals surface area contributed by atoms with E-state index in [4.69, 9.17) is 4.74 Å². The largest absolute Gasteiger partial charge is 0.491 e. The Bertz CT molecular complexity index is 1030. The van der Waals surface area contributed by atoms with E-state index in [2.05, 4.69) is 29.8 Å². The number of hydrogen-bond donors (Lipinski definition) is 3. The number of carbonyl (C=O) groups excluding carboxylic acids is 2. The van der Waals surface area contributed by atoms with Crippen molar-refractivity contribution >= 4 is 28.9 Å². The van der Waals surface area contributed by atoms with Gasteiger partial charge < -0.3 is 20.7 Å². The Morgan fingerprint density at radius 1 is 0.788 bits per heavy atom. The highest BCUT2D eigenvalue weighted by molar-refractivity contribution is 5.95. The zero-order valence-corrected chi connectivity index (χ0v) is 19.1. The molecule has 3 aromatic rings. The Hall–Kier alpha value is -3.80. The maximum atomic E-state index is 12.4. The van der Waals surface area contributed by atoms with Crippen LogP contribution in [0.3, 0.4) is 0 Å². The van der Waals surface area contributed by atoms with Crippen molar-refractivity contribution in [3.8, 4) is 5.75 Å². The van der Waals surface area contributed by atoms with Crippen LogP contribution in [-0.4, -0.2) is 25.0 Å². The molecule has 0 unspecified atom stereocenters. The van der Waals surface area contributed by atoms with Crippen LogP contribution in [-0.2, 0) is 16.0 Å². The second-order valence-electron chi connectivity index (χ2n) is 8.21. The molecule has 6 nitrogen and oxygen atoms in total. The molecule has 0 radical (unpaired) electrons. The second-order valence-corrected chi connectivity index (χ2v) is 8.21. The molecule has 3 rings (SSSR count). The van der Waals surface area contributed by atoms with Crippen LogP contribution >= 0.6 is 0 Å². The number of ether oxygens (including phenoxy) is 1. The number of carbonyl (C=O) groups is 2. The van der Waals surface area contributed by atoms with Crippen molar-refractivity contribution in [3.05, 3.63) is 84.4 Å². The number of benzene rings is 3. The smallest absolute Gasteiger partial charge is 0.243 e. The lowest BCUT2D eigenvalue weighted by Gasteiger charge is -2.14. The third-order valence-corrected chi connectivity index (χ3v) is 4.83. The highest BCUT2D eigenvalue weighted by Crippen LogP contribution is 2.24. The van der Waals surface area contributed by atoms with Crippen molar-refractivity contribution < 1.29 is 14.3 Å². The Morgan fingerprint density at radius 2 is 1.39 bits per heavy atom. The lowest BCUT2D eigenvalue weighted by Crippen LogP contribution is -2.22. The van der Waals surface area contributed by atoms with Gasteiger partial charge in [0, 0.05) is 17.8 Å². The number of para-hydroxylation sites is 2. The van der Waals surface area contributed by atoms with Crippen molar-refractivity contribution in [2.45, 2.75) is 26.7 Å². The first-order valence-electron chi connectivity index (χ1n) is 11.2. The van der Waals surface area contributed by atoms with Gasteiger partial charge in [-0.1, -0.05) is 56.3 Å². The van der Waals surface area contributed by atoms with Gasteiger partial charge >= 0.3 is 0 Å². The monoisotopic (exact) mass is 445 g/mol. The molecular weight excluding hydrogens is 414 g/mol.